The third-order valence-electron chi connectivity index (χ3n) is 5.05. The molecule has 9 heteroatoms. The van der Waals surface area contributed by atoms with Crippen molar-refractivity contribution in [1.82, 2.24) is 20.4 Å². The Balaban J connectivity index is 1.58. The number of hydrogen-bond donors (Lipinski definition) is 3. The van der Waals surface area contributed by atoms with Crippen LogP contribution in [0.5, 0.6) is 0 Å². The van der Waals surface area contributed by atoms with Crippen LogP contribution in [0.15, 0.2) is 54.7 Å². The van der Waals surface area contributed by atoms with Gasteiger partial charge in [-0.3, -0.25) is 14.9 Å². The maximum Gasteiger partial charge on any atom is 0.322 e. The molecule has 1 unspecified atom stereocenters. The summed E-state index contributed by atoms with van der Waals surface area (Å²) in [6.45, 7) is 3.39. The molecule has 0 spiro atoms. The highest BCUT2D eigenvalue weighted by Crippen LogP contribution is 2.27. The van der Waals surface area contributed by atoms with E-state index in [1.165, 1.54) is 6.20 Å². The normalized spacial score (nSPS) is 18.1. The van der Waals surface area contributed by atoms with Gasteiger partial charge in [-0.05, 0) is 49.7 Å². The van der Waals surface area contributed by atoms with E-state index in [9.17, 15) is 14.4 Å². The number of imide groups is 1. The molecule has 0 bridgehead atoms. The lowest BCUT2D eigenvalue weighted by Gasteiger charge is -2.21. The van der Waals surface area contributed by atoms with Gasteiger partial charge < -0.3 is 10.6 Å². The van der Waals surface area contributed by atoms with Crippen molar-refractivity contribution in [2.75, 3.05) is 5.32 Å². The van der Waals surface area contributed by atoms with Crippen LogP contribution in [0.3, 0.4) is 0 Å². The molecule has 30 heavy (non-hydrogen) atoms. The van der Waals surface area contributed by atoms with Crippen LogP contribution in [-0.2, 0) is 10.3 Å². The lowest BCUT2D eigenvalue weighted by molar-refractivity contribution is -0.123. The molecule has 0 saturated carbocycles. The molecule has 2 heterocycles. The van der Waals surface area contributed by atoms with Gasteiger partial charge in [-0.25, -0.2) is 9.48 Å². The smallest absolute Gasteiger partial charge is 0.322 e. The molecule has 0 aliphatic carbocycles. The number of benzene rings is 2. The fraction of sp³-hybridized carbons (Fsp3) is 0.143. The molecular weight excluding hydrogens is 406 g/mol. The van der Waals surface area contributed by atoms with Crippen molar-refractivity contribution < 1.29 is 14.4 Å². The number of urea groups is 1. The van der Waals surface area contributed by atoms with E-state index < -0.39 is 17.5 Å². The van der Waals surface area contributed by atoms with Crippen molar-refractivity contribution in [3.63, 3.8) is 0 Å². The Morgan fingerprint density at radius 2 is 1.93 bits per heavy atom. The van der Waals surface area contributed by atoms with Gasteiger partial charge in [0, 0.05) is 10.7 Å². The van der Waals surface area contributed by atoms with Crippen molar-refractivity contribution in [2.45, 2.75) is 19.4 Å². The molecule has 4 rings (SSSR count). The van der Waals surface area contributed by atoms with Crippen molar-refractivity contribution in [3.05, 3.63) is 76.6 Å². The van der Waals surface area contributed by atoms with E-state index in [0.29, 0.717) is 27.5 Å². The maximum absolute atomic E-state index is 12.8. The number of rotatable bonds is 4. The minimum atomic E-state index is -1.20. The van der Waals surface area contributed by atoms with Gasteiger partial charge >= 0.3 is 6.03 Å². The zero-order valence-corrected chi connectivity index (χ0v) is 16.9. The van der Waals surface area contributed by atoms with Crippen LogP contribution in [0.4, 0.5) is 10.5 Å². The molecule has 3 N–H and O–H groups in total. The van der Waals surface area contributed by atoms with E-state index in [-0.39, 0.29) is 5.91 Å². The monoisotopic (exact) mass is 423 g/mol. The van der Waals surface area contributed by atoms with E-state index in [4.69, 9.17) is 11.6 Å². The van der Waals surface area contributed by atoms with Crippen LogP contribution in [0.25, 0.3) is 5.69 Å². The van der Waals surface area contributed by atoms with E-state index in [0.717, 1.165) is 5.69 Å². The Labute approximate surface area is 177 Å². The van der Waals surface area contributed by atoms with Gasteiger partial charge in [-0.1, -0.05) is 29.8 Å². The Hall–Kier alpha value is -3.65. The maximum atomic E-state index is 12.8. The fourth-order valence-corrected chi connectivity index (χ4v) is 3.54. The second-order valence-corrected chi connectivity index (χ2v) is 7.54. The quantitative estimate of drug-likeness (QED) is 0.560. The highest BCUT2D eigenvalue weighted by Gasteiger charge is 2.43. The Morgan fingerprint density at radius 1 is 1.17 bits per heavy atom. The first kappa shape index (κ1) is 19.7. The number of anilines is 1. The number of amides is 4. The zero-order valence-electron chi connectivity index (χ0n) is 16.2. The van der Waals surface area contributed by atoms with Crippen molar-refractivity contribution >= 4 is 35.1 Å². The van der Waals surface area contributed by atoms with Gasteiger partial charge in [-0.2, -0.15) is 5.10 Å². The second kappa shape index (κ2) is 7.31. The van der Waals surface area contributed by atoms with Gasteiger partial charge in [0.2, 0.25) is 0 Å². The molecule has 8 nitrogen and oxygen atoms in total. The number of aromatic nitrogens is 2. The number of halogens is 1. The highest BCUT2D eigenvalue weighted by molar-refractivity contribution is 6.30. The summed E-state index contributed by atoms with van der Waals surface area (Å²) in [7, 11) is 0. The van der Waals surface area contributed by atoms with Gasteiger partial charge in [0.25, 0.3) is 11.8 Å². The number of carbonyl (C=O) groups excluding carboxylic acids is 3. The molecule has 1 fully saturated rings. The van der Waals surface area contributed by atoms with E-state index >= 15 is 0 Å². The molecule has 152 valence electrons. The van der Waals surface area contributed by atoms with Gasteiger partial charge in [0.05, 0.1) is 23.1 Å². The summed E-state index contributed by atoms with van der Waals surface area (Å²) < 4.78 is 1.64. The van der Waals surface area contributed by atoms with Gasteiger partial charge in [0.1, 0.15) is 5.54 Å². The van der Waals surface area contributed by atoms with E-state index in [1.807, 2.05) is 12.1 Å². The van der Waals surface area contributed by atoms with Crippen LogP contribution in [0.1, 0.15) is 28.5 Å². The van der Waals surface area contributed by atoms with Crippen LogP contribution in [0.2, 0.25) is 5.02 Å². The highest BCUT2D eigenvalue weighted by atomic mass is 35.5. The predicted octanol–water partition coefficient (Wildman–Crippen LogP) is 3.14. The zero-order chi connectivity index (χ0) is 21.5. The standard InChI is InChI=1S/C21H18ClN5O3/c1-12-17(11-23-27(12)16-8-4-6-14(22)10-16)18(28)24-15-7-3-5-13(9-15)21(2)19(29)25-20(30)26-21/h3-11H,1-2H3,(H,24,28)(H2,25,26,29,30). The summed E-state index contributed by atoms with van der Waals surface area (Å²) in [5.74, 6) is -0.794. The van der Waals surface area contributed by atoms with Crippen LogP contribution < -0.4 is 16.0 Å². The fourth-order valence-electron chi connectivity index (χ4n) is 3.35. The summed E-state index contributed by atoms with van der Waals surface area (Å²) in [6.07, 6.45) is 1.49. The lowest BCUT2D eigenvalue weighted by Crippen LogP contribution is -2.40. The third kappa shape index (κ3) is 3.42. The second-order valence-electron chi connectivity index (χ2n) is 7.10. The molecule has 1 aromatic heterocycles. The molecule has 2 aromatic carbocycles. The number of carbonyl (C=O) groups is 3. The molecular formula is C21H18ClN5O3. The SMILES string of the molecule is Cc1c(C(=O)Nc2cccc(C3(C)NC(=O)NC3=O)c2)cnn1-c1cccc(Cl)c1. The Kier molecular flexibility index (Phi) is 4.79. The molecule has 3 aromatic rings. The van der Waals surface area contributed by atoms with Crippen molar-refractivity contribution in [1.29, 1.82) is 0 Å². The summed E-state index contributed by atoms with van der Waals surface area (Å²) >= 11 is 6.05. The average Bonchev–Trinajstić information content (AvgIpc) is 3.21. The molecule has 1 aliphatic rings. The average molecular weight is 424 g/mol. The minimum Gasteiger partial charge on any atom is -0.322 e. The molecule has 1 saturated heterocycles. The van der Waals surface area contributed by atoms with Crippen molar-refractivity contribution in [3.8, 4) is 5.69 Å². The molecule has 4 amide bonds. The van der Waals surface area contributed by atoms with Crippen LogP contribution >= 0.6 is 11.6 Å². The Morgan fingerprint density at radius 3 is 2.63 bits per heavy atom. The van der Waals surface area contributed by atoms with Crippen molar-refractivity contribution in [2.24, 2.45) is 0 Å². The van der Waals surface area contributed by atoms with E-state index in [2.05, 4.69) is 21.0 Å². The minimum absolute atomic E-state index is 0.344. The third-order valence-corrected chi connectivity index (χ3v) is 5.28. The predicted molar refractivity (Wildman–Crippen MR) is 112 cm³/mol. The first-order valence-electron chi connectivity index (χ1n) is 9.14. The number of hydrogen-bond acceptors (Lipinski definition) is 4. The van der Waals surface area contributed by atoms with Gasteiger partial charge in [-0.15, -0.1) is 0 Å². The first-order chi connectivity index (χ1) is 14.3. The molecule has 1 aliphatic heterocycles. The molecule has 0 radical (unpaired) electrons. The lowest BCUT2D eigenvalue weighted by atomic mass is 9.92. The Bertz CT molecular complexity index is 1190. The van der Waals surface area contributed by atoms with Crippen LogP contribution in [-0.4, -0.2) is 27.6 Å². The van der Waals surface area contributed by atoms with E-state index in [1.54, 1.807) is 54.9 Å². The summed E-state index contributed by atoms with van der Waals surface area (Å²) in [5, 5.41) is 12.5. The summed E-state index contributed by atoms with van der Waals surface area (Å²) in [5.41, 5.74) is 1.64. The summed E-state index contributed by atoms with van der Waals surface area (Å²) in [4.78, 5) is 36.5. The van der Waals surface area contributed by atoms with Gasteiger partial charge in [0.15, 0.2) is 0 Å². The largest absolute Gasteiger partial charge is 0.322 e. The first-order valence-corrected chi connectivity index (χ1v) is 9.52. The molecule has 1 atom stereocenters. The number of nitrogens with one attached hydrogen (secondary N) is 3. The van der Waals surface area contributed by atoms with Crippen LogP contribution in [0, 0.1) is 6.92 Å². The summed E-state index contributed by atoms with van der Waals surface area (Å²) in [6, 6.07) is 13.4. The number of nitrogens with zero attached hydrogens (tertiary/aromatic N) is 2. The topological polar surface area (TPSA) is 105 Å².